The van der Waals surface area contributed by atoms with Gasteiger partial charge in [0, 0.05) is 23.7 Å². The highest BCUT2D eigenvalue weighted by Gasteiger charge is 2.15. The van der Waals surface area contributed by atoms with Crippen molar-refractivity contribution < 1.29 is 0 Å². The fraction of sp³-hybridized carbons (Fsp3) is 0.263. The molecule has 4 rings (SSSR count). The summed E-state index contributed by atoms with van der Waals surface area (Å²) in [7, 11) is 0. The van der Waals surface area contributed by atoms with Crippen LogP contribution in [0, 0.1) is 13.8 Å². The molecule has 0 saturated carbocycles. The third kappa shape index (κ3) is 2.80. The highest BCUT2D eigenvalue weighted by atomic mass is 15.3. The minimum absolute atomic E-state index is 0.630. The summed E-state index contributed by atoms with van der Waals surface area (Å²) in [5.41, 5.74) is 5.70. The SMILES string of the molecule is CCc1cc(NCc2ccccn2)n2nc3nc(C)cc(C)c3c2n1. The van der Waals surface area contributed by atoms with Gasteiger partial charge in [-0.3, -0.25) is 4.98 Å². The van der Waals surface area contributed by atoms with Crippen LogP contribution < -0.4 is 5.32 Å². The first kappa shape index (κ1) is 15.5. The lowest BCUT2D eigenvalue weighted by molar-refractivity contribution is 0.901. The summed E-state index contributed by atoms with van der Waals surface area (Å²) in [5, 5.41) is 9.14. The molecule has 0 aromatic carbocycles. The number of pyridine rings is 2. The minimum Gasteiger partial charge on any atom is -0.364 e. The molecular weight excluding hydrogens is 312 g/mol. The molecular formula is C19H20N6. The van der Waals surface area contributed by atoms with Crippen LogP contribution in [0.1, 0.15) is 29.6 Å². The van der Waals surface area contributed by atoms with Crippen LogP contribution in [0.3, 0.4) is 0 Å². The van der Waals surface area contributed by atoms with Gasteiger partial charge < -0.3 is 5.32 Å². The number of rotatable bonds is 4. The summed E-state index contributed by atoms with van der Waals surface area (Å²) < 4.78 is 1.85. The van der Waals surface area contributed by atoms with Crippen LogP contribution in [0.5, 0.6) is 0 Å². The monoisotopic (exact) mass is 332 g/mol. The van der Waals surface area contributed by atoms with Crippen LogP contribution in [-0.4, -0.2) is 24.6 Å². The van der Waals surface area contributed by atoms with Gasteiger partial charge in [0.1, 0.15) is 5.82 Å². The molecule has 25 heavy (non-hydrogen) atoms. The van der Waals surface area contributed by atoms with E-state index >= 15 is 0 Å². The lowest BCUT2D eigenvalue weighted by Crippen LogP contribution is -2.08. The number of fused-ring (bicyclic) bond motifs is 3. The number of aromatic nitrogens is 5. The van der Waals surface area contributed by atoms with Crippen molar-refractivity contribution in [2.24, 2.45) is 0 Å². The average molecular weight is 332 g/mol. The number of aryl methyl sites for hydroxylation is 3. The summed E-state index contributed by atoms with van der Waals surface area (Å²) in [6, 6.07) is 10.0. The number of anilines is 1. The van der Waals surface area contributed by atoms with E-state index in [0.717, 1.165) is 51.6 Å². The second kappa shape index (κ2) is 6.12. The van der Waals surface area contributed by atoms with E-state index in [1.54, 1.807) is 6.20 Å². The molecule has 0 amide bonds. The molecule has 0 aliphatic rings. The normalized spacial score (nSPS) is 11.3. The Morgan fingerprint density at radius 3 is 2.72 bits per heavy atom. The molecule has 0 fully saturated rings. The van der Waals surface area contributed by atoms with Crippen LogP contribution in [-0.2, 0) is 13.0 Å². The predicted molar refractivity (Wildman–Crippen MR) is 98.7 cm³/mol. The third-order valence-electron chi connectivity index (χ3n) is 4.26. The zero-order valence-corrected chi connectivity index (χ0v) is 14.6. The largest absolute Gasteiger partial charge is 0.364 e. The molecule has 0 aliphatic carbocycles. The Labute approximate surface area is 146 Å². The fourth-order valence-electron chi connectivity index (χ4n) is 3.06. The van der Waals surface area contributed by atoms with E-state index in [-0.39, 0.29) is 0 Å². The Hall–Kier alpha value is -3.02. The molecule has 0 atom stereocenters. The first-order valence-electron chi connectivity index (χ1n) is 8.46. The Kier molecular flexibility index (Phi) is 3.80. The molecule has 1 N–H and O–H groups in total. The van der Waals surface area contributed by atoms with Gasteiger partial charge in [0.05, 0.1) is 17.6 Å². The van der Waals surface area contributed by atoms with Gasteiger partial charge in [0.2, 0.25) is 0 Å². The van der Waals surface area contributed by atoms with E-state index in [2.05, 4.69) is 40.3 Å². The molecule has 126 valence electrons. The van der Waals surface area contributed by atoms with Gasteiger partial charge in [-0.2, -0.15) is 4.52 Å². The van der Waals surface area contributed by atoms with Crippen molar-refractivity contribution in [3.05, 3.63) is 59.2 Å². The Bertz CT molecular complexity index is 1050. The van der Waals surface area contributed by atoms with Crippen LogP contribution in [0.15, 0.2) is 36.5 Å². The van der Waals surface area contributed by atoms with Crippen molar-refractivity contribution in [2.75, 3.05) is 5.32 Å². The number of nitrogens with zero attached hydrogens (tertiary/aromatic N) is 5. The molecule has 0 aliphatic heterocycles. The summed E-state index contributed by atoms with van der Waals surface area (Å²) in [4.78, 5) is 13.7. The first-order chi connectivity index (χ1) is 12.2. The zero-order valence-electron chi connectivity index (χ0n) is 14.6. The van der Waals surface area contributed by atoms with E-state index in [1.807, 2.05) is 35.7 Å². The predicted octanol–water partition coefficient (Wildman–Crippen LogP) is 3.46. The summed E-state index contributed by atoms with van der Waals surface area (Å²) in [5.74, 6) is 0.905. The van der Waals surface area contributed by atoms with Gasteiger partial charge in [-0.1, -0.05) is 13.0 Å². The lowest BCUT2D eigenvalue weighted by Gasteiger charge is -2.09. The summed E-state index contributed by atoms with van der Waals surface area (Å²) >= 11 is 0. The van der Waals surface area contributed by atoms with Crippen LogP contribution in [0.4, 0.5) is 5.82 Å². The Balaban J connectivity index is 1.86. The maximum atomic E-state index is 4.79. The molecule has 6 nitrogen and oxygen atoms in total. The van der Waals surface area contributed by atoms with Gasteiger partial charge in [0.15, 0.2) is 11.3 Å². The van der Waals surface area contributed by atoms with E-state index in [9.17, 15) is 0 Å². The molecule has 0 unspecified atom stereocenters. The van der Waals surface area contributed by atoms with Crippen molar-refractivity contribution in [2.45, 2.75) is 33.7 Å². The third-order valence-corrected chi connectivity index (χ3v) is 4.26. The standard InChI is InChI=1S/C19H20N6/c1-4-14-10-16(21-11-15-7-5-6-8-20-15)25-19(23-14)17-12(2)9-13(3)22-18(17)24-25/h5-10,21H,4,11H2,1-3H3. The average Bonchev–Trinajstić information content (AvgIpc) is 2.98. The summed E-state index contributed by atoms with van der Waals surface area (Å²) in [6.07, 6.45) is 2.66. The second-order valence-electron chi connectivity index (χ2n) is 6.18. The number of nitrogens with one attached hydrogen (secondary N) is 1. The summed E-state index contributed by atoms with van der Waals surface area (Å²) in [6.45, 7) is 6.81. The Morgan fingerprint density at radius 2 is 1.96 bits per heavy atom. The van der Waals surface area contributed by atoms with Gasteiger partial charge in [-0.05, 0) is 44.0 Å². The van der Waals surface area contributed by atoms with E-state index in [4.69, 9.17) is 4.98 Å². The highest BCUT2D eigenvalue weighted by Crippen LogP contribution is 2.25. The smallest absolute Gasteiger partial charge is 0.184 e. The van der Waals surface area contributed by atoms with Crippen LogP contribution in [0.25, 0.3) is 16.7 Å². The van der Waals surface area contributed by atoms with Crippen molar-refractivity contribution in [1.29, 1.82) is 0 Å². The van der Waals surface area contributed by atoms with E-state index in [1.165, 1.54) is 0 Å². The molecule has 4 aromatic heterocycles. The van der Waals surface area contributed by atoms with Crippen molar-refractivity contribution >= 4 is 22.5 Å². The quantitative estimate of drug-likeness (QED) is 0.620. The first-order valence-corrected chi connectivity index (χ1v) is 8.46. The van der Waals surface area contributed by atoms with Gasteiger partial charge in [-0.15, -0.1) is 5.10 Å². The molecule has 6 heteroatoms. The topological polar surface area (TPSA) is 68.0 Å². The van der Waals surface area contributed by atoms with Crippen molar-refractivity contribution in [3.63, 3.8) is 0 Å². The van der Waals surface area contributed by atoms with Crippen LogP contribution in [0.2, 0.25) is 0 Å². The maximum Gasteiger partial charge on any atom is 0.184 e. The van der Waals surface area contributed by atoms with E-state index < -0.39 is 0 Å². The molecule has 0 bridgehead atoms. The van der Waals surface area contributed by atoms with Gasteiger partial charge in [-0.25, -0.2) is 9.97 Å². The van der Waals surface area contributed by atoms with E-state index in [0.29, 0.717) is 6.54 Å². The minimum atomic E-state index is 0.630. The molecule has 0 saturated heterocycles. The second-order valence-corrected chi connectivity index (χ2v) is 6.18. The molecule has 4 aromatic rings. The fourth-order valence-corrected chi connectivity index (χ4v) is 3.06. The van der Waals surface area contributed by atoms with Gasteiger partial charge in [0.25, 0.3) is 0 Å². The lowest BCUT2D eigenvalue weighted by atomic mass is 10.2. The number of hydrogen-bond donors (Lipinski definition) is 1. The maximum absolute atomic E-state index is 4.79. The molecule has 4 heterocycles. The van der Waals surface area contributed by atoms with Gasteiger partial charge >= 0.3 is 0 Å². The zero-order chi connectivity index (χ0) is 17.4. The van der Waals surface area contributed by atoms with Crippen molar-refractivity contribution in [3.8, 4) is 0 Å². The van der Waals surface area contributed by atoms with Crippen LogP contribution >= 0.6 is 0 Å². The number of hydrogen-bond acceptors (Lipinski definition) is 5. The highest BCUT2D eigenvalue weighted by molar-refractivity contribution is 5.93. The molecule has 0 spiro atoms. The molecule has 0 radical (unpaired) electrons. The Morgan fingerprint density at radius 1 is 1.08 bits per heavy atom. The van der Waals surface area contributed by atoms with Crippen molar-refractivity contribution in [1.82, 2.24) is 24.6 Å².